The van der Waals surface area contributed by atoms with E-state index in [4.69, 9.17) is 8.83 Å². The second-order valence-corrected chi connectivity index (χ2v) is 8.99. The topological polar surface area (TPSA) is 167 Å². The molecular weight excluding hydrogens is 540 g/mol. The van der Waals surface area contributed by atoms with Gasteiger partial charge < -0.3 is 19.5 Å². The van der Waals surface area contributed by atoms with E-state index in [0.717, 1.165) is 0 Å². The smallest absolute Gasteiger partial charge is 0.291 e. The monoisotopic (exact) mass is 568 g/mol. The van der Waals surface area contributed by atoms with Gasteiger partial charge in [0.25, 0.3) is 11.8 Å². The fourth-order valence-electron chi connectivity index (χ4n) is 3.61. The van der Waals surface area contributed by atoms with Gasteiger partial charge in [-0.1, -0.05) is 24.3 Å². The van der Waals surface area contributed by atoms with Crippen molar-refractivity contribution in [3.63, 3.8) is 0 Å². The molecule has 0 aliphatic heterocycles. The number of hydrazone groups is 2. The Morgan fingerprint density at radius 3 is 1.43 bits per heavy atom. The van der Waals surface area contributed by atoms with E-state index in [1.165, 1.54) is 12.5 Å². The Balaban J connectivity index is 1.23. The Kier molecular flexibility index (Phi) is 9.76. The molecule has 4 aromatic rings. The minimum absolute atomic E-state index is 0.106. The minimum Gasteiger partial charge on any atom is -0.459 e. The molecule has 0 atom stereocenters. The molecule has 0 saturated carbocycles. The number of carbonyl (C=O) groups excluding carboxylic acids is 4. The van der Waals surface area contributed by atoms with E-state index in [2.05, 4.69) is 31.7 Å². The van der Waals surface area contributed by atoms with Crippen LogP contribution in [0, 0.1) is 0 Å². The maximum atomic E-state index is 12.3. The average Bonchev–Trinajstić information content (AvgIpc) is 3.73. The summed E-state index contributed by atoms with van der Waals surface area (Å²) in [6, 6.07) is 20.3. The highest BCUT2D eigenvalue weighted by atomic mass is 16.3. The highest BCUT2D eigenvalue weighted by Gasteiger charge is 2.11. The largest absolute Gasteiger partial charge is 0.459 e. The first-order chi connectivity index (χ1) is 20.3. The molecule has 214 valence electrons. The van der Waals surface area contributed by atoms with Crippen LogP contribution in [0.15, 0.2) is 104 Å². The number of amides is 4. The summed E-state index contributed by atoms with van der Waals surface area (Å²) in [6.45, 7) is 3.41. The number of nitrogens with zero attached hydrogens (tertiary/aromatic N) is 2. The quantitative estimate of drug-likeness (QED) is 0.153. The van der Waals surface area contributed by atoms with E-state index in [1.54, 1.807) is 86.6 Å². The van der Waals surface area contributed by atoms with Crippen molar-refractivity contribution < 1.29 is 28.0 Å². The molecule has 4 N–H and O–H groups in total. The second kappa shape index (κ2) is 14.0. The first-order valence-electron chi connectivity index (χ1n) is 12.9. The summed E-state index contributed by atoms with van der Waals surface area (Å²) < 4.78 is 10.2. The van der Waals surface area contributed by atoms with E-state index in [0.29, 0.717) is 33.9 Å². The summed E-state index contributed by atoms with van der Waals surface area (Å²) in [5, 5.41) is 13.6. The summed E-state index contributed by atoms with van der Waals surface area (Å²) >= 11 is 0. The van der Waals surface area contributed by atoms with E-state index in [9.17, 15) is 19.2 Å². The van der Waals surface area contributed by atoms with Crippen molar-refractivity contribution in [3.8, 4) is 0 Å². The van der Waals surface area contributed by atoms with E-state index in [1.807, 2.05) is 0 Å². The van der Waals surface area contributed by atoms with Gasteiger partial charge in [-0.2, -0.15) is 10.2 Å². The maximum Gasteiger partial charge on any atom is 0.291 e. The van der Waals surface area contributed by atoms with Crippen LogP contribution in [0.2, 0.25) is 0 Å². The molecule has 42 heavy (non-hydrogen) atoms. The lowest BCUT2D eigenvalue weighted by Crippen LogP contribution is -2.24. The van der Waals surface area contributed by atoms with Crippen molar-refractivity contribution in [2.45, 2.75) is 26.7 Å². The normalized spacial score (nSPS) is 11.5. The van der Waals surface area contributed by atoms with E-state index in [-0.39, 0.29) is 36.2 Å². The van der Waals surface area contributed by atoms with Gasteiger partial charge in [-0.25, -0.2) is 10.9 Å². The van der Waals surface area contributed by atoms with Crippen LogP contribution >= 0.6 is 0 Å². The Bertz CT molecular complexity index is 1500. The zero-order chi connectivity index (χ0) is 29.9. The summed E-state index contributed by atoms with van der Waals surface area (Å²) in [5.41, 5.74) is 8.30. The molecule has 0 fully saturated rings. The first kappa shape index (κ1) is 29.2. The zero-order valence-corrected chi connectivity index (χ0v) is 22.8. The third-order valence-corrected chi connectivity index (χ3v) is 5.84. The number of hydrogen-bond donors (Lipinski definition) is 4. The molecule has 0 saturated heterocycles. The Labute approximate surface area is 240 Å². The number of carbonyl (C=O) groups is 4. The van der Waals surface area contributed by atoms with Gasteiger partial charge in [0.1, 0.15) is 0 Å². The standard InChI is InChI=1S/C30H28N6O6/c1-19(21-7-3-9-23(17-21)31-29(39)25-11-5-15-41-25)33-35-27(37)13-14-28(38)36-34-20(2)22-8-4-10-24(18-22)32-30(40)26-12-6-16-42-26/h3-12,15-18H,13-14H2,1-2H3,(H,31,39)(H,32,40)(H,35,37)(H,36,38). The molecule has 0 aliphatic carbocycles. The number of rotatable bonds is 11. The van der Waals surface area contributed by atoms with Crippen LogP contribution < -0.4 is 21.5 Å². The number of anilines is 2. The van der Waals surface area contributed by atoms with Gasteiger partial charge in [-0.3, -0.25) is 19.2 Å². The Morgan fingerprint density at radius 2 is 1.05 bits per heavy atom. The third kappa shape index (κ3) is 8.36. The fourth-order valence-corrected chi connectivity index (χ4v) is 3.61. The van der Waals surface area contributed by atoms with Crippen molar-refractivity contribution in [1.29, 1.82) is 0 Å². The van der Waals surface area contributed by atoms with Crippen LogP contribution in [-0.4, -0.2) is 35.1 Å². The third-order valence-electron chi connectivity index (χ3n) is 5.84. The number of benzene rings is 2. The molecule has 0 aliphatic rings. The maximum absolute atomic E-state index is 12.3. The lowest BCUT2D eigenvalue weighted by molar-refractivity contribution is -0.126. The van der Waals surface area contributed by atoms with E-state index < -0.39 is 11.8 Å². The van der Waals surface area contributed by atoms with Gasteiger partial charge in [-0.15, -0.1) is 0 Å². The molecular formula is C30H28N6O6. The molecule has 0 radical (unpaired) electrons. The van der Waals surface area contributed by atoms with Gasteiger partial charge in [0.05, 0.1) is 23.9 Å². The molecule has 12 heteroatoms. The van der Waals surface area contributed by atoms with Crippen LogP contribution in [0.4, 0.5) is 11.4 Å². The zero-order valence-electron chi connectivity index (χ0n) is 22.8. The SMILES string of the molecule is CC(=NNC(=O)CCC(=O)NN=C(C)c1cccc(NC(=O)c2ccco2)c1)c1cccc(NC(=O)c2ccco2)c1. The van der Waals surface area contributed by atoms with Crippen molar-refractivity contribution in [2.75, 3.05) is 10.6 Å². The van der Waals surface area contributed by atoms with Crippen LogP contribution in [0.25, 0.3) is 0 Å². The number of furan rings is 2. The van der Waals surface area contributed by atoms with Gasteiger partial charge in [0, 0.05) is 24.2 Å². The molecule has 2 aromatic carbocycles. The van der Waals surface area contributed by atoms with Crippen LogP contribution in [-0.2, 0) is 9.59 Å². The van der Waals surface area contributed by atoms with Crippen molar-refractivity contribution in [2.24, 2.45) is 10.2 Å². The molecule has 0 spiro atoms. The highest BCUT2D eigenvalue weighted by molar-refractivity contribution is 6.05. The number of nitrogens with one attached hydrogen (secondary N) is 4. The van der Waals surface area contributed by atoms with Crippen LogP contribution in [0.3, 0.4) is 0 Å². The van der Waals surface area contributed by atoms with Gasteiger partial charge >= 0.3 is 0 Å². The van der Waals surface area contributed by atoms with Gasteiger partial charge in [-0.05, 0) is 73.5 Å². The molecule has 4 rings (SSSR count). The van der Waals surface area contributed by atoms with Crippen molar-refractivity contribution in [3.05, 3.63) is 108 Å². The lowest BCUT2D eigenvalue weighted by atomic mass is 10.1. The Hall–Kier alpha value is -5.78. The second-order valence-electron chi connectivity index (χ2n) is 8.99. The van der Waals surface area contributed by atoms with Crippen LogP contribution in [0.5, 0.6) is 0 Å². The Morgan fingerprint density at radius 1 is 0.619 bits per heavy atom. The molecule has 12 nitrogen and oxygen atoms in total. The lowest BCUT2D eigenvalue weighted by Gasteiger charge is -2.07. The fraction of sp³-hybridized carbons (Fsp3) is 0.133. The van der Waals surface area contributed by atoms with Crippen LogP contribution in [0.1, 0.15) is 58.9 Å². The highest BCUT2D eigenvalue weighted by Crippen LogP contribution is 2.15. The van der Waals surface area contributed by atoms with Gasteiger partial charge in [0.15, 0.2) is 11.5 Å². The molecule has 2 aromatic heterocycles. The summed E-state index contributed by atoms with van der Waals surface area (Å²) in [5.74, 6) is -1.31. The average molecular weight is 569 g/mol. The predicted octanol–water partition coefficient (Wildman–Crippen LogP) is 4.54. The number of hydrogen-bond acceptors (Lipinski definition) is 8. The molecule has 0 bridgehead atoms. The predicted molar refractivity (Wildman–Crippen MR) is 156 cm³/mol. The van der Waals surface area contributed by atoms with Crippen molar-refractivity contribution >= 4 is 46.4 Å². The first-order valence-corrected chi connectivity index (χ1v) is 12.9. The molecule has 2 heterocycles. The summed E-state index contributed by atoms with van der Waals surface area (Å²) in [6.07, 6.45) is 2.61. The van der Waals surface area contributed by atoms with E-state index >= 15 is 0 Å². The summed E-state index contributed by atoms with van der Waals surface area (Å²) in [4.78, 5) is 48.9. The van der Waals surface area contributed by atoms with Crippen molar-refractivity contribution in [1.82, 2.24) is 10.9 Å². The molecule has 4 amide bonds. The summed E-state index contributed by atoms with van der Waals surface area (Å²) in [7, 11) is 0. The molecule has 0 unspecified atom stereocenters. The minimum atomic E-state index is -0.451. The van der Waals surface area contributed by atoms with Gasteiger partial charge in [0.2, 0.25) is 11.8 Å².